The van der Waals surface area contributed by atoms with Crippen molar-refractivity contribution in [2.24, 2.45) is 0 Å². The van der Waals surface area contributed by atoms with Crippen LogP contribution in [0, 0.1) is 6.92 Å². The fourth-order valence-corrected chi connectivity index (χ4v) is 2.11. The molecule has 1 aliphatic rings. The summed E-state index contributed by atoms with van der Waals surface area (Å²) in [6.07, 6.45) is 6.43. The third-order valence-electron chi connectivity index (χ3n) is 2.99. The van der Waals surface area contributed by atoms with Crippen LogP contribution in [-0.4, -0.2) is 10.2 Å². The summed E-state index contributed by atoms with van der Waals surface area (Å²) in [6, 6.07) is 5.37. The Bertz CT molecular complexity index is 514. The molecule has 0 saturated heterocycles. The lowest BCUT2D eigenvalue weighted by molar-refractivity contribution is 0.433. The average Bonchev–Trinajstić information content (AvgIpc) is 2.43. The molecular formula is C15H16O2. The first-order valence-electron chi connectivity index (χ1n) is 5.67. The van der Waals surface area contributed by atoms with Crippen LogP contribution in [0.4, 0.5) is 0 Å². The van der Waals surface area contributed by atoms with E-state index in [1.165, 1.54) is 0 Å². The van der Waals surface area contributed by atoms with Gasteiger partial charge in [0.15, 0.2) is 0 Å². The van der Waals surface area contributed by atoms with E-state index < -0.39 is 0 Å². The SMILES string of the molecule is CC1=CCC=CC(O)=C1c1c(C)cccc1O. The number of aromatic hydroxyl groups is 1. The highest BCUT2D eigenvalue weighted by atomic mass is 16.3. The van der Waals surface area contributed by atoms with Crippen molar-refractivity contribution >= 4 is 5.57 Å². The van der Waals surface area contributed by atoms with E-state index in [4.69, 9.17) is 0 Å². The highest BCUT2D eigenvalue weighted by Crippen LogP contribution is 2.36. The van der Waals surface area contributed by atoms with Crippen molar-refractivity contribution in [1.29, 1.82) is 0 Å². The largest absolute Gasteiger partial charge is 0.507 e. The van der Waals surface area contributed by atoms with Gasteiger partial charge in [-0.3, -0.25) is 0 Å². The quantitative estimate of drug-likeness (QED) is 0.765. The number of phenols is 1. The molecule has 1 aliphatic carbocycles. The van der Waals surface area contributed by atoms with Crippen molar-refractivity contribution < 1.29 is 10.2 Å². The van der Waals surface area contributed by atoms with Crippen molar-refractivity contribution in [3.63, 3.8) is 0 Å². The van der Waals surface area contributed by atoms with E-state index in [0.717, 1.165) is 17.6 Å². The molecule has 2 nitrogen and oxygen atoms in total. The Labute approximate surface area is 101 Å². The van der Waals surface area contributed by atoms with Crippen LogP contribution in [-0.2, 0) is 0 Å². The number of rotatable bonds is 1. The first-order chi connectivity index (χ1) is 8.11. The first-order valence-corrected chi connectivity index (χ1v) is 5.67. The van der Waals surface area contributed by atoms with E-state index in [0.29, 0.717) is 11.1 Å². The monoisotopic (exact) mass is 228 g/mol. The lowest BCUT2D eigenvalue weighted by Gasteiger charge is -2.13. The summed E-state index contributed by atoms with van der Waals surface area (Å²) in [4.78, 5) is 0. The molecule has 0 bridgehead atoms. The number of phenolic OH excluding ortho intramolecular Hbond substituents is 1. The standard InChI is InChI=1S/C15H16O2/c1-10-6-3-4-8-12(16)14(10)15-11(2)7-5-9-13(15)17/h4-9,16-17H,3H2,1-2H3. The number of aryl methyl sites for hydroxylation is 1. The molecule has 0 radical (unpaired) electrons. The molecule has 1 aromatic carbocycles. The highest BCUT2D eigenvalue weighted by Gasteiger charge is 2.16. The second-order valence-corrected chi connectivity index (χ2v) is 4.25. The van der Waals surface area contributed by atoms with E-state index in [2.05, 4.69) is 0 Å². The third-order valence-corrected chi connectivity index (χ3v) is 2.99. The summed E-state index contributed by atoms with van der Waals surface area (Å²) in [5, 5.41) is 20.0. The van der Waals surface area contributed by atoms with Gasteiger partial charge in [-0.05, 0) is 43.5 Å². The minimum absolute atomic E-state index is 0.203. The van der Waals surface area contributed by atoms with Gasteiger partial charge < -0.3 is 10.2 Å². The fourth-order valence-electron chi connectivity index (χ4n) is 2.11. The molecule has 17 heavy (non-hydrogen) atoms. The number of hydrogen-bond donors (Lipinski definition) is 2. The summed E-state index contributed by atoms with van der Waals surface area (Å²) in [5.74, 6) is 0.412. The van der Waals surface area contributed by atoms with Crippen LogP contribution in [0.2, 0.25) is 0 Å². The molecule has 0 heterocycles. The second kappa shape index (κ2) is 4.50. The van der Waals surface area contributed by atoms with Crippen molar-refractivity contribution in [2.75, 3.05) is 0 Å². The lowest BCUT2D eigenvalue weighted by atomic mass is 9.93. The molecule has 0 unspecified atom stereocenters. The Morgan fingerprint density at radius 1 is 1.12 bits per heavy atom. The van der Waals surface area contributed by atoms with Crippen LogP contribution in [0.15, 0.2) is 47.8 Å². The van der Waals surface area contributed by atoms with Crippen LogP contribution in [0.3, 0.4) is 0 Å². The van der Waals surface area contributed by atoms with Gasteiger partial charge in [0, 0.05) is 11.1 Å². The van der Waals surface area contributed by atoms with E-state index in [-0.39, 0.29) is 11.5 Å². The van der Waals surface area contributed by atoms with Gasteiger partial charge in [0.25, 0.3) is 0 Å². The zero-order chi connectivity index (χ0) is 12.4. The van der Waals surface area contributed by atoms with Gasteiger partial charge in [-0.15, -0.1) is 0 Å². The predicted octanol–water partition coefficient (Wildman–Crippen LogP) is 3.88. The minimum atomic E-state index is 0.203. The maximum Gasteiger partial charge on any atom is 0.123 e. The van der Waals surface area contributed by atoms with E-state index in [1.54, 1.807) is 18.2 Å². The van der Waals surface area contributed by atoms with Crippen LogP contribution in [0.25, 0.3) is 5.57 Å². The van der Waals surface area contributed by atoms with Crippen LogP contribution >= 0.6 is 0 Å². The summed E-state index contributed by atoms with van der Waals surface area (Å²) in [7, 11) is 0. The lowest BCUT2D eigenvalue weighted by Crippen LogP contribution is -1.95. The van der Waals surface area contributed by atoms with E-state index >= 15 is 0 Å². The Kier molecular flexibility index (Phi) is 3.05. The molecule has 2 heteroatoms. The van der Waals surface area contributed by atoms with Gasteiger partial charge in [-0.2, -0.15) is 0 Å². The van der Waals surface area contributed by atoms with Gasteiger partial charge in [0.05, 0.1) is 0 Å². The van der Waals surface area contributed by atoms with Crippen LogP contribution < -0.4 is 0 Å². The number of allylic oxidation sites excluding steroid dienone is 5. The zero-order valence-electron chi connectivity index (χ0n) is 10.1. The molecule has 0 amide bonds. The van der Waals surface area contributed by atoms with Crippen molar-refractivity contribution in [2.45, 2.75) is 20.3 Å². The summed E-state index contributed by atoms with van der Waals surface area (Å²) < 4.78 is 0. The van der Waals surface area contributed by atoms with Gasteiger partial charge in [0.1, 0.15) is 11.5 Å². The number of hydrogen-bond acceptors (Lipinski definition) is 2. The number of aliphatic hydroxyl groups is 1. The molecular weight excluding hydrogens is 212 g/mol. The smallest absolute Gasteiger partial charge is 0.123 e. The minimum Gasteiger partial charge on any atom is -0.507 e. The average molecular weight is 228 g/mol. The summed E-state index contributed by atoms with van der Waals surface area (Å²) in [5.41, 5.74) is 3.37. The second-order valence-electron chi connectivity index (χ2n) is 4.25. The maximum atomic E-state index is 10.1. The van der Waals surface area contributed by atoms with Crippen molar-refractivity contribution in [1.82, 2.24) is 0 Å². The normalized spacial score (nSPS) is 15.8. The molecule has 2 N–H and O–H groups in total. The van der Waals surface area contributed by atoms with E-state index in [9.17, 15) is 10.2 Å². The third kappa shape index (κ3) is 2.11. The molecule has 0 aromatic heterocycles. The number of aliphatic hydroxyl groups excluding tert-OH is 1. The molecule has 2 rings (SSSR count). The predicted molar refractivity (Wildman–Crippen MR) is 69.9 cm³/mol. The first kappa shape index (κ1) is 11.5. The molecule has 0 fully saturated rings. The van der Waals surface area contributed by atoms with E-state index in [1.807, 2.05) is 32.1 Å². The summed E-state index contributed by atoms with van der Waals surface area (Å²) in [6.45, 7) is 3.88. The van der Waals surface area contributed by atoms with Crippen molar-refractivity contribution in [3.8, 4) is 5.75 Å². The van der Waals surface area contributed by atoms with Crippen molar-refractivity contribution in [3.05, 3.63) is 58.9 Å². The molecule has 88 valence electrons. The Morgan fingerprint density at radius 3 is 2.59 bits per heavy atom. The summed E-state index contributed by atoms with van der Waals surface area (Å²) >= 11 is 0. The molecule has 0 aliphatic heterocycles. The maximum absolute atomic E-state index is 10.1. The van der Waals surface area contributed by atoms with Gasteiger partial charge in [-0.1, -0.05) is 24.3 Å². The molecule has 1 aromatic rings. The number of benzene rings is 1. The Hall–Kier alpha value is -1.96. The zero-order valence-corrected chi connectivity index (χ0v) is 10.1. The fraction of sp³-hybridized carbons (Fsp3) is 0.200. The molecule has 0 spiro atoms. The Morgan fingerprint density at radius 2 is 1.88 bits per heavy atom. The Balaban J connectivity index is 2.70. The van der Waals surface area contributed by atoms with Gasteiger partial charge in [0.2, 0.25) is 0 Å². The highest BCUT2D eigenvalue weighted by molar-refractivity contribution is 5.85. The van der Waals surface area contributed by atoms with Gasteiger partial charge >= 0.3 is 0 Å². The van der Waals surface area contributed by atoms with Crippen LogP contribution in [0.1, 0.15) is 24.5 Å². The molecule has 0 atom stereocenters. The van der Waals surface area contributed by atoms with Gasteiger partial charge in [-0.25, -0.2) is 0 Å². The topological polar surface area (TPSA) is 40.5 Å². The van der Waals surface area contributed by atoms with Crippen LogP contribution in [0.5, 0.6) is 5.75 Å². The molecule has 0 saturated carbocycles.